The minimum absolute atomic E-state index is 0.0219. The number of benzene rings is 2. The van der Waals surface area contributed by atoms with Crippen LogP contribution in [0.3, 0.4) is 0 Å². The topological polar surface area (TPSA) is 52.7 Å². The number of hydrogen-bond acceptors (Lipinski definition) is 3. The molecule has 5 nitrogen and oxygen atoms in total. The lowest BCUT2D eigenvalue weighted by atomic mass is 9.84. The maximum absolute atomic E-state index is 13.2. The highest BCUT2D eigenvalue weighted by Gasteiger charge is 2.32. The number of carbonyl (C=O) groups is 2. The Hall–Kier alpha value is -2.24. The third-order valence-corrected chi connectivity index (χ3v) is 6.99. The summed E-state index contributed by atoms with van der Waals surface area (Å²) in [6, 6.07) is 14.9. The summed E-state index contributed by atoms with van der Waals surface area (Å²) in [5.74, 6) is 0.132. The molecule has 0 aromatic heterocycles. The molecule has 2 aliphatic rings. The largest absolute Gasteiger partial charge is 0.368 e. The molecule has 1 aliphatic carbocycles. The van der Waals surface area contributed by atoms with Gasteiger partial charge in [0.05, 0.1) is 10.0 Å². The van der Waals surface area contributed by atoms with Crippen LogP contribution in [-0.4, -0.2) is 48.9 Å². The van der Waals surface area contributed by atoms with Gasteiger partial charge in [-0.05, 0) is 49.6 Å². The van der Waals surface area contributed by atoms with E-state index < -0.39 is 0 Å². The van der Waals surface area contributed by atoms with E-state index in [0.717, 1.165) is 38.0 Å². The Balaban J connectivity index is 1.30. The molecule has 31 heavy (non-hydrogen) atoms. The van der Waals surface area contributed by atoms with Crippen LogP contribution in [-0.2, 0) is 4.79 Å². The van der Waals surface area contributed by atoms with E-state index in [2.05, 4.69) is 10.2 Å². The van der Waals surface area contributed by atoms with Gasteiger partial charge in [-0.25, -0.2) is 0 Å². The number of amides is 2. The van der Waals surface area contributed by atoms with E-state index in [0.29, 0.717) is 35.1 Å². The van der Waals surface area contributed by atoms with E-state index in [4.69, 9.17) is 23.2 Å². The molecule has 4 rings (SSSR count). The summed E-state index contributed by atoms with van der Waals surface area (Å²) in [4.78, 5) is 29.8. The Morgan fingerprint density at radius 1 is 0.903 bits per heavy atom. The molecule has 7 heteroatoms. The second-order valence-electron chi connectivity index (χ2n) is 8.31. The van der Waals surface area contributed by atoms with Gasteiger partial charge in [-0.15, -0.1) is 0 Å². The van der Waals surface area contributed by atoms with Crippen LogP contribution in [0.15, 0.2) is 48.5 Å². The number of hydrogen-bond donors (Lipinski definition) is 1. The van der Waals surface area contributed by atoms with Crippen molar-refractivity contribution < 1.29 is 9.59 Å². The number of halogens is 2. The molecule has 1 aliphatic heterocycles. The highest BCUT2D eigenvalue weighted by Crippen LogP contribution is 2.29. The van der Waals surface area contributed by atoms with Crippen LogP contribution in [0.25, 0.3) is 0 Å². The molecule has 2 aromatic rings. The van der Waals surface area contributed by atoms with E-state index >= 15 is 0 Å². The number of piperazine rings is 1. The van der Waals surface area contributed by atoms with Crippen molar-refractivity contribution in [3.05, 3.63) is 64.1 Å². The Bertz CT molecular complexity index is 930. The molecular formula is C24H27Cl2N3O2. The van der Waals surface area contributed by atoms with Gasteiger partial charge in [-0.2, -0.15) is 0 Å². The number of carbonyl (C=O) groups excluding carboxylic acids is 2. The number of rotatable bonds is 4. The third kappa shape index (κ3) is 5.34. The monoisotopic (exact) mass is 459 g/mol. The summed E-state index contributed by atoms with van der Waals surface area (Å²) in [6.45, 7) is 2.92. The van der Waals surface area contributed by atoms with Crippen molar-refractivity contribution >= 4 is 40.7 Å². The first-order valence-electron chi connectivity index (χ1n) is 10.9. The molecule has 1 saturated heterocycles. The fourth-order valence-electron chi connectivity index (χ4n) is 4.53. The predicted octanol–water partition coefficient (Wildman–Crippen LogP) is 4.63. The number of anilines is 1. The van der Waals surface area contributed by atoms with Crippen molar-refractivity contribution in [2.45, 2.75) is 31.7 Å². The summed E-state index contributed by atoms with van der Waals surface area (Å²) in [6.07, 6.45) is 3.49. The summed E-state index contributed by atoms with van der Waals surface area (Å²) in [5, 5.41) is 4.21. The molecule has 2 aromatic carbocycles. The maximum atomic E-state index is 13.2. The normalized spacial score (nSPS) is 21.6. The molecule has 1 saturated carbocycles. The highest BCUT2D eigenvalue weighted by atomic mass is 35.5. The second kappa shape index (κ2) is 9.92. The molecular weight excluding hydrogens is 433 g/mol. The summed E-state index contributed by atoms with van der Waals surface area (Å²) >= 11 is 12.2. The van der Waals surface area contributed by atoms with Gasteiger partial charge in [-0.3, -0.25) is 9.59 Å². The van der Waals surface area contributed by atoms with Crippen molar-refractivity contribution in [3.8, 4) is 0 Å². The quantitative estimate of drug-likeness (QED) is 0.724. The van der Waals surface area contributed by atoms with Gasteiger partial charge in [0, 0.05) is 49.4 Å². The lowest BCUT2D eigenvalue weighted by Gasteiger charge is -2.39. The lowest BCUT2D eigenvalue weighted by Crippen LogP contribution is -2.51. The minimum atomic E-state index is -0.0612. The van der Waals surface area contributed by atoms with Crippen LogP contribution >= 0.6 is 23.2 Å². The van der Waals surface area contributed by atoms with Gasteiger partial charge < -0.3 is 15.1 Å². The Labute approximate surface area is 193 Å². The summed E-state index contributed by atoms with van der Waals surface area (Å²) in [5.41, 5.74) is 1.69. The first-order chi connectivity index (χ1) is 15.0. The molecule has 0 bridgehead atoms. The average Bonchev–Trinajstić information content (AvgIpc) is 2.81. The molecule has 164 valence electrons. The molecule has 2 amide bonds. The summed E-state index contributed by atoms with van der Waals surface area (Å²) < 4.78 is 0. The zero-order valence-corrected chi connectivity index (χ0v) is 18.9. The van der Waals surface area contributed by atoms with Gasteiger partial charge in [0.1, 0.15) is 0 Å². The molecule has 1 heterocycles. The van der Waals surface area contributed by atoms with Crippen LogP contribution in [0.4, 0.5) is 5.69 Å². The molecule has 1 N–H and O–H groups in total. The van der Waals surface area contributed by atoms with Gasteiger partial charge in [0.25, 0.3) is 5.91 Å². The summed E-state index contributed by atoms with van der Waals surface area (Å²) in [7, 11) is 0. The van der Waals surface area contributed by atoms with Crippen LogP contribution in [0, 0.1) is 5.92 Å². The SMILES string of the molecule is O=C(N[C@@H]1CCC[C@H](C(=O)N2CCN(c3ccc(Cl)c(Cl)c3)CC2)C1)c1ccccc1. The highest BCUT2D eigenvalue weighted by molar-refractivity contribution is 6.42. The molecule has 0 spiro atoms. The molecule has 2 fully saturated rings. The van der Waals surface area contributed by atoms with Crippen LogP contribution < -0.4 is 10.2 Å². The second-order valence-corrected chi connectivity index (χ2v) is 9.13. The first-order valence-corrected chi connectivity index (χ1v) is 11.6. The average molecular weight is 460 g/mol. The van der Waals surface area contributed by atoms with E-state index in [1.54, 1.807) is 0 Å². The van der Waals surface area contributed by atoms with Crippen LogP contribution in [0.5, 0.6) is 0 Å². The lowest BCUT2D eigenvalue weighted by molar-refractivity contribution is -0.137. The fourth-order valence-corrected chi connectivity index (χ4v) is 4.82. The first kappa shape index (κ1) is 22.0. The fraction of sp³-hybridized carbons (Fsp3) is 0.417. The Kier molecular flexibility index (Phi) is 7.03. The van der Waals surface area contributed by atoms with E-state index in [1.807, 2.05) is 53.4 Å². The maximum Gasteiger partial charge on any atom is 0.251 e. The van der Waals surface area contributed by atoms with E-state index in [9.17, 15) is 9.59 Å². The van der Waals surface area contributed by atoms with Crippen LogP contribution in [0.1, 0.15) is 36.0 Å². The van der Waals surface area contributed by atoms with E-state index in [-0.39, 0.29) is 23.8 Å². The van der Waals surface area contributed by atoms with Gasteiger partial charge >= 0.3 is 0 Å². The van der Waals surface area contributed by atoms with Crippen molar-refractivity contribution in [2.24, 2.45) is 5.92 Å². The molecule has 2 atom stereocenters. The minimum Gasteiger partial charge on any atom is -0.368 e. The predicted molar refractivity (Wildman–Crippen MR) is 125 cm³/mol. The van der Waals surface area contributed by atoms with Crippen molar-refractivity contribution in [3.63, 3.8) is 0 Å². The smallest absolute Gasteiger partial charge is 0.251 e. The number of nitrogens with zero attached hydrogens (tertiary/aromatic N) is 2. The van der Waals surface area contributed by atoms with Gasteiger partial charge in [0.15, 0.2) is 0 Å². The molecule has 0 radical (unpaired) electrons. The number of nitrogens with one attached hydrogen (secondary N) is 1. The Morgan fingerprint density at radius 3 is 2.35 bits per heavy atom. The zero-order valence-electron chi connectivity index (χ0n) is 17.4. The van der Waals surface area contributed by atoms with Gasteiger partial charge in [-0.1, -0.05) is 47.8 Å². The van der Waals surface area contributed by atoms with Crippen molar-refractivity contribution in [1.82, 2.24) is 10.2 Å². The van der Waals surface area contributed by atoms with Crippen molar-refractivity contribution in [2.75, 3.05) is 31.1 Å². The standard InChI is InChI=1S/C24H27Cl2N3O2/c25-21-10-9-20(16-22(21)26)28-11-13-29(14-12-28)24(31)18-7-4-8-19(15-18)27-23(30)17-5-2-1-3-6-17/h1-3,5-6,9-10,16,18-19H,4,7-8,11-15H2,(H,27,30)/t18-,19+/m0/s1. The van der Waals surface area contributed by atoms with E-state index in [1.165, 1.54) is 0 Å². The van der Waals surface area contributed by atoms with Crippen LogP contribution in [0.2, 0.25) is 10.0 Å². The van der Waals surface area contributed by atoms with Gasteiger partial charge in [0.2, 0.25) is 5.91 Å². The molecule has 0 unspecified atom stereocenters. The Morgan fingerprint density at radius 2 is 1.65 bits per heavy atom. The van der Waals surface area contributed by atoms with Crippen molar-refractivity contribution in [1.29, 1.82) is 0 Å². The third-order valence-electron chi connectivity index (χ3n) is 6.25. The zero-order chi connectivity index (χ0) is 21.8.